The Kier molecular flexibility index (Phi) is 4.45. The predicted octanol–water partition coefficient (Wildman–Crippen LogP) is 5.92. The zero-order chi connectivity index (χ0) is 17.4. The Labute approximate surface area is 148 Å². The van der Waals surface area contributed by atoms with E-state index < -0.39 is 11.6 Å². The highest BCUT2D eigenvalue weighted by Crippen LogP contribution is 2.38. The molecular weight excluding hydrogens is 314 g/mol. The van der Waals surface area contributed by atoms with Gasteiger partial charge < -0.3 is 0 Å². The molecule has 0 aromatic heterocycles. The van der Waals surface area contributed by atoms with Crippen molar-refractivity contribution in [1.82, 2.24) is 0 Å². The van der Waals surface area contributed by atoms with E-state index in [1.807, 2.05) is 0 Å². The molecule has 0 amide bonds. The molecule has 0 aliphatic heterocycles. The Bertz CT molecular complexity index is 819. The van der Waals surface area contributed by atoms with Crippen molar-refractivity contribution < 1.29 is 8.78 Å². The van der Waals surface area contributed by atoms with Crippen LogP contribution < -0.4 is 0 Å². The first kappa shape index (κ1) is 16.5. The third-order valence-electron chi connectivity index (χ3n) is 5.96. The monoisotopic (exact) mass is 338 g/mol. The van der Waals surface area contributed by atoms with E-state index in [9.17, 15) is 8.78 Å². The summed E-state index contributed by atoms with van der Waals surface area (Å²) < 4.78 is 26.8. The second kappa shape index (κ2) is 6.74. The van der Waals surface area contributed by atoms with Crippen LogP contribution in [-0.4, -0.2) is 0 Å². The van der Waals surface area contributed by atoms with Gasteiger partial charge in [0.15, 0.2) is 11.6 Å². The van der Waals surface area contributed by atoms with Gasteiger partial charge in [-0.05, 0) is 97.2 Å². The van der Waals surface area contributed by atoms with Gasteiger partial charge in [-0.2, -0.15) is 0 Å². The summed E-state index contributed by atoms with van der Waals surface area (Å²) >= 11 is 0. The van der Waals surface area contributed by atoms with Crippen LogP contribution in [0.5, 0.6) is 0 Å². The Morgan fingerprint density at radius 3 is 2.32 bits per heavy atom. The van der Waals surface area contributed by atoms with Crippen molar-refractivity contribution in [2.75, 3.05) is 0 Å². The Morgan fingerprint density at radius 2 is 1.60 bits per heavy atom. The molecule has 0 spiro atoms. The Hall–Kier alpha value is -1.96. The fraction of sp³-hybridized carbons (Fsp3) is 0.391. The molecule has 0 bridgehead atoms. The van der Waals surface area contributed by atoms with Crippen LogP contribution in [0.2, 0.25) is 0 Å². The molecule has 2 aromatic rings. The number of hydrogen-bond acceptors (Lipinski definition) is 0. The van der Waals surface area contributed by atoms with E-state index in [1.54, 1.807) is 11.6 Å². The van der Waals surface area contributed by atoms with E-state index in [1.165, 1.54) is 41.7 Å². The van der Waals surface area contributed by atoms with Crippen LogP contribution in [0.15, 0.2) is 42.5 Å². The van der Waals surface area contributed by atoms with Crippen molar-refractivity contribution in [2.24, 2.45) is 5.92 Å². The highest BCUT2D eigenvalue weighted by molar-refractivity contribution is 5.45. The maximum absolute atomic E-state index is 13.6. The molecule has 4 rings (SSSR count). The molecule has 2 aliphatic carbocycles. The smallest absolute Gasteiger partial charge is 0.159 e. The van der Waals surface area contributed by atoms with Crippen LogP contribution in [0.25, 0.3) is 0 Å². The third kappa shape index (κ3) is 3.15. The first-order valence-electron chi connectivity index (χ1n) is 9.36. The van der Waals surface area contributed by atoms with Crippen molar-refractivity contribution in [3.63, 3.8) is 0 Å². The minimum atomic E-state index is -0.760. The molecule has 0 radical (unpaired) electrons. The average molecular weight is 338 g/mol. The molecule has 2 unspecified atom stereocenters. The molecule has 130 valence electrons. The molecule has 2 aliphatic rings. The number of hydrogen-bond donors (Lipinski definition) is 0. The third-order valence-corrected chi connectivity index (χ3v) is 5.96. The normalized spacial score (nSPS) is 22.7. The lowest BCUT2D eigenvalue weighted by molar-refractivity contribution is 0.500. The second-order valence-electron chi connectivity index (χ2n) is 7.48. The van der Waals surface area contributed by atoms with Crippen molar-refractivity contribution in [2.45, 2.75) is 51.4 Å². The highest BCUT2D eigenvalue weighted by Gasteiger charge is 2.26. The number of allylic oxidation sites excluding steroid dienone is 2. The van der Waals surface area contributed by atoms with Gasteiger partial charge in [0.1, 0.15) is 0 Å². The lowest BCUT2D eigenvalue weighted by Crippen LogP contribution is -2.20. The maximum atomic E-state index is 13.6. The summed E-state index contributed by atoms with van der Waals surface area (Å²) in [6.45, 7) is 2.10. The molecule has 2 heteroatoms. The summed E-state index contributed by atoms with van der Waals surface area (Å²) in [7, 11) is 0. The van der Waals surface area contributed by atoms with Gasteiger partial charge in [-0.15, -0.1) is 0 Å². The van der Waals surface area contributed by atoms with Crippen LogP contribution in [0.1, 0.15) is 53.5 Å². The second-order valence-corrected chi connectivity index (χ2v) is 7.48. The molecule has 25 heavy (non-hydrogen) atoms. The number of fused-ring (bicyclic) bond motifs is 3. The molecule has 0 N–H and O–H groups in total. The summed E-state index contributed by atoms with van der Waals surface area (Å²) in [5.74, 6) is -0.525. The maximum Gasteiger partial charge on any atom is 0.159 e. The molecule has 2 aromatic carbocycles. The molecule has 0 fully saturated rings. The van der Waals surface area contributed by atoms with E-state index in [2.05, 4.69) is 31.2 Å². The lowest BCUT2D eigenvalue weighted by Gasteiger charge is -2.31. The summed E-state index contributed by atoms with van der Waals surface area (Å²) in [6.07, 6.45) is 11.1. The predicted molar refractivity (Wildman–Crippen MR) is 97.9 cm³/mol. The Balaban J connectivity index is 1.59. The van der Waals surface area contributed by atoms with E-state index >= 15 is 0 Å². The van der Waals surface area contributed by atoms with Gasteiger partial charge in [0.25, 0.3) is 0 Å². The van der Waals surface area contributed by atoms with Crippen LogP contribution in [0.4, 0.5) is 8.78 Å². The molecule has 0 nitrogen and oxygen atoms in total. The Morgan fingerprint density at radius 1 is 0.880 bits per heavy atom. The van der Waals surface area contributed by atoms with Crippen LogP contribution in [0.3, 0.4) is 0 Å². The van der Waals surface area contributed by atoms with Crippen molar-refractivity contribution in [3.8, 4) is 0 Å². The van der Waals surface area contributed by atoms with Crippen molar-refractivity contribution in [1.29, 1.82) is 0 Å². The molecule has 0 saturated heterocycles. The topological polar surface area (TPSA) is 0 Å². The molecular formula is C23H24F2. The zero-order valence-corrected chi connectivity index (χ0v) is 14.7. The minimum absolute atomic E-state index is 0.292. The quantitative estimate of drug-likeness (QED) is 0.596. The zero-order valence-electron chi connectivity index (χ0n) is 14.7. The first-order valence-corrected chi connectivity index (χ1v) is 9.36. The summed E-state index contributed by atoms with van der Waals surface area (Å²) in [6, 6.07) is 8.96. The summed E-state index contributed by atoms with van der Waals surface area (Å²) in [5, 5.41) is 0. The first-order chi connectivity index (χ1) is 12.2. The lowest BCUT2D eigenvalue weighted by atomic mass is 9.74. The van der Waals surface area contributed by atoms with Crippen LogP contribution in [-0.2, 0) is 25.7 Å². The van der Waals surface area contributed by atoms with E-state index in [-0.39, 0.29) is 0 Å². The van der Waals surface area contributed by atoms with E-state index in [0.29, 0.717) is 11.8 Å². The average Bonchev–Trinajstić information content (AvgIpc) is 2.63. The fourth-order valence-electron chi connectivity index (χ4n) is 4.68. The van der Waals surface area contributed by atoms with Crippen molar-refractivity contribution >= 4 is 0 Å². The van der Waals surface area contributed by atoms with Crippen LogP contribution >= 0.6 is 0 Å². The van der Waals surface area contributed by atoms with Gasteiger partial charge in [-0.3, -0.25) is 0 Å². The van der Waals surface area contributed by atoms with E-state index in [0.717, 1.165) is 31.2 Å². The minimum Gasteiger partial charge on any atom is -0.204 e. The van der Waals surface area contributed by atoms with Crippen LogP contribution in [0, 0.1) is 17.6 Å². The number of halogens is 2. The SMILES string of the molecule is CC=CC1CCc2c(ccc3c2CCC(c2ccc(F)c(F)c2)C3)C1. The molecule has 0 heterocycles. The number of rotatable bonds is 2. The van der Waals surface area contributed by atoms with Gasteiger partial charge in [0.2, 0.25) is 0 Å². The summed E-state index contributed by atoms with van der Waals surface area (Å²) in [4.78, 5) is 0. The van der Waals surface area contributed by atoms with Crippen molar-refractivity contribution in [3.05, 3.63) is 81.9 Å². The van der Waals surface area contributed by atoms with Gasteiger partial charge in [0, 0.05) is 0 Å². The van der Waals surface area contributed by atoms with Gasteiger partial charge in [0.05, 0.1) is 0 Å². The summed E-state index contributed by atoms with van der Waals surface area (Å²) in [5.41, 5.74) is 6.95. The van der Waals surface area contributed by atoms with E-state index in [4.69, 9.17) is 0 Å². The van der Waals surface area contributed by atoms with Gasteiger partial charge in [-0.1, -0.05) is 30.4 Å². The van der Waals surface area contributed by atoms with Gasteiger partial charge in [-0.25, -0.2) is 8.78 Å². The molecule has 0 saturated carbocycles. The number of benzene rings is 2. The standard InChI is InChI=1S/C23H24F2/c1-2-3-15-4-9-20-18(12-15)5-6-19-13-16(7-10-21(19)20)17-8-11-22(24)23(25)14-17/h2-3,5-6,8,11,14-16H,4,7,9-10,12-13H2,1H3. The largest absolute Gasteiger partial charge is 0.204 e. The molecule has 2 atom stereocenters. The highest BCUT2D eigenvalue weighted by atomic mass is 19.2. The van der Waals surface area contributed by atoms with Gasteiger partial charge >= 0.3 is 0 Å². The fourth-order valence-corrected chi connectivity index (χ4v) is 4.68.